The highest BCUT2D eigenvalue weighted by molar-refractivity contribution is 6.17. The third-order valence-corrected chi connectivity index (χ3v) is 4.49. The van der Waals surface area contributed by atoms with Crippen molar-refractivity contribution in [1.82, 2.24) is 4.98 Å². The lowest BCUT2D eigenvalue weighted by Gasteiger charge is -2.20. The van der Waals surface area contributed by atoms with Gasteiger partial charge in [0.2, 0.25) is 11.3 Å². The van der Waals surface area contributed by atoms with Gasteiger partial charge in [-0.05, 0) is 38.1 Å². The zero-order valence-electron chi connectivity index (χ0n) is 12.9. The third-order valence-electron chi connectivity index (χ3n) is 4.49. The molecule has 112 valence electrons. The molecule has 0 saturated heterocycles. The van der Waals surface area contributed by atoms with Gasteiger partial charge in [0.15, 0.2) is 0 Å². The van der Waals surface area contributed by atoms with Crippen molar-refractivity contribution >= 4 is 22.4 Å². The summed E-state index contributed by atoms with van der Waals surface area (Å²) >= 11 is 0. The fourth-order valence-electron chi connectivity index (χ4n) is 3.29. The molecule has 1 aliphatic heterocycles. The summed E-state index contributed by atoms with van der Waals surface area (Å²) in [5.41, 5.74) is 3.60. The Morgan fingerprint density at radius 3 is 2.61 bits per heavy atom. The van der Waals surface area contributed by atoms with E-state index in [4.69, 9.17) is 0 Å². The molecule has 0 radical (unpaired) electrons. The maximum absolute atomic E-state index is 13.0. The van der Waals surface area contributed by atoms with Gasteiger partial charge in [0.25, 0.3) is 0 Å². The summed E-state index contributed by atoms with van der Waals surface area (Å²) in [5.74, 6) is -0.193. The van der Waals surface area contributed by atoms with Gasteiger partial charge in [-0.3, -0.25) is 4.79 Å². The van der Waals surface area contributed by atoms with Crippen molar-refractivity contribution in [3.63, 3.8) is 0 Å². The highest BCUT2D eigenvalue weighted by Crippen LogP contribution is 2.41. The van der Waals surface area contributed by atoms with E-state index in [1.54, 1.807) is 6.20 Å². The van der Waals surface area contributed by atoms with Crippen molar-refractivity contribution in [3.8, 4) is 6.07 Å². The van der Waals surface area contributed by atoms with Crippen LogP contribution in [0.4, 0.5) is 5.69 Å². The van der Waals surface area contributed by atoms with Gasteiger partial charge in [0, 0.05) is 33.9 Å². The summed E-state index contributed by atoms with van der Waals surface area (Å²) in [7, 11) is 0. The summed E-state index contributed by atoms with van der Waals surface area (Å²) in [6, 6.07) is 13.8. The van der Waals surface area contributed by atoms with Gasteiger partial charge in [-0.2, -0.15) is 5.26 Å². The number of ketones is 1. The van der Waals surface area contributed by atoms with E-state index in [0.717, 1.165) is 22.0 Å². The number of benzene rings is 2. The normalized spacial score (nSPS) is 19.4. The van der Waals surface area contributed by atoms with Crippen LogP contribution in [0.2, 0.25) is 0 Å². The van der Waals surface area contributed by atoms with Crippen LogP contribution in [0.15, 0.2) is 42.6 Å². The minimum absolute atomic E-state index is 0.193. The first-order valence-corrected chi connectivity index (χ1v) is 7.48. The fraction of sp³-hybridized carbons (Fsp3) is 0.158. The van der Waals surface area contributed by atoms with Crippen LogP contribution in [0.3, 0.4) is 0 Å². The number of aryl methyl sites for hydroxylation is 2. The summed E-state index contributed by atoms with van der Waals surface area (Å²) < 4.78 is 0. The molecule has 3 aromatic rings. The number of carbonyl (C=O) groups is 1. The maximum Gasteiger partial charge on any atom is 0.216 e. The number of anilines is 1. The van der Waals surface area contributed by atoms with Crippen LogP contribution in [0.1, 0.15) is 27.0 Å². The Balaban J connectivity index is 1.97. The van der Waals surface area contributed by atoms with Crippen molar-refractivity contribution in [1.29, 1.82) is 5.26 Å². The topological polar surface area (TPSA) is 68.7 Å². The molecule has 1 unspecified atom stereocenters. The van der Waals surface area contributed by atoms with Crippen LogP contribution in [0.5, 0.6) is 0 Å². The summed E-state index contributed by atoms with van der Waals surface area (Å²) in [6.07, 6.45) is 1.76. The van der Waals surface area contributed by atoms with Gasteiger partial charge in [0.05, 0.1) is 0 Å². The molecule has 1 aromatic heterocycles. The van der Waals surface area contributed by atoms with E-state index in [-0.39, 0.29) is 5.78 Å². The number of aromatic nitrogens is 1. The fourth-order valence-corrected chi connectivity index (χ4v) is 3.29. The predicted molar refractivity (Wildman–Crippen MR) is 89.5 cm³/mol. The molecular weight excluding hydrogens is 286 g/mol. The van der Waals surface area contributed by atoms with Crippen molar-refractivity contribution in [2.24, 2.45) is 0 Å². The molecule has 4 rings (SSSR count). The molecule has 2 aromatic carbocycles. The third kappa shape index (κ3) is 1.74. The van der Waals surface area contributed by atoms with Crippen LogP contribution < -0.4 is 5.32 Å². The highest BCUT2D eigenvalue weighted by atomic mass is 16.1. The number of nitrogens with one attached hydrogen (secondary N) is 2. The lowest BCUT2D eigenvalue weighted by molar-refractivity contribution is 0.0949. The zero-order valence-corrected chi connectivity index (χ0v) is 12.9. The summed E-state index contributed by atoms with van der Waals surface area (Å²) in [5, 5.41) is 13.9. The minimum Gasteiger partial charge on any atom is -0.361 e. The van der Waals surface area contributed by atoms with E-state index in [2.05, 4.69) is 16.4 Å². The number of nitriles is 1. The van der Waals surface area contributed by atoms with Crippen LogP contribution in [0, 0.1) is 25.2 Å². The molecule has 0 aliphatic carbocycles. The van der Waals surface area contributed by atoms with Crippen LogP contribution in [0.25, 0.3) is 10.9 Å². The number of fused-ring (bicyclic) bond motifs is 2. The second-order valence-corrected chi connectivity index (χ2v) is 6.12. The second-order valence-electron chi connectivity index (χ2n) is 6.12. The molecular formula is C19H15N3O. The Labute approximate surface area is 133 Å². The first kappa shape index (κ1) is 13.6. The average molecular weight is 301 g/mol. The first-order chi connectivity index (χ1) is 11.0. The quantitative estimate of drug-likeness (QED) is 0.718. The number of Topliss-reactive ketones (excluding diaryl/α,β-unsaturated/α-hetero) is 1. The Bertz CT molecular complexity index is 1010. The first-order valence-electron chi connectivity index (χ1n) is 7.48. The number of hydrogen-bond acceptors (Lipinski definition) is 3. The van der Waals surface area contributed by atoms with Crippen LogP contribution in [-0.4, -0.2) is 10.8 Å². The molecule has 0 fully saturated rings. The molecule has 2 heterocycles. The molecule has 4 heteroatoms. The predicted octanol–water partition coefficient (Wildman–Crippen LogP) is 3.81. The van der Waals surface area contributed by atoms with E-state index in [1.165, 1.54) is 0 Å². The molecule has 2 N–H and O–H groups in total. The molecule has 23 heavy (non-hydrogen) atoms. The van der Waals surface area contributed by atoms with E-state index in [1.807, 2.05) is 50.2 Å². The number of rotatable bonds is 1. The zero-order chi connectivity index (χ0) is 16.2. The monoisotopic (exact) mass is 301 g/mol. The Kier molecular flexibility index (Phi) is 2.64. The molecule has 1 aliphatic rings. The van der Waals surface area contributed by atoms with Gasteiger partial charge in [-0.1, -0.05) is 23.3 Å². The standard InChI is InChI=1S/C19H15N3O/c1-11-3-5-16-13(7-11)15(9-21-16)19(10-20)18(23)14-8-12(2)4-6-17(14)22-19/h3-9,21-22H,1-2H3. The lowest BCUT2D eigenvalue weighted by Crippen LogP contribution is -2.36. The second kappa shape index (κ2) is 4.47. The molecule has 0 amide bonds. The molecule has 0 saturated carbocycles. The van der Waals surface area contributed by atoms with Gasteiger partial charge in [-0.25, -0.2) is 0 Å². The van der Waals surface area contributed by atoms with E-state index in [9.17, 15) is 10.1 Å². The number of hydrogen-bond donors (Lipinski definition) is 2. The minimum atomic E-state index is -1.37. The Hall–Kier alpha value is -3.06. The largest absolute Gasteiger partial charge is 0.361 e. The lowest BCUT2D eigenvalue weighted by atomic mass is 9.86. The Morgan fingerprint density at radius 1 is 1.09 bits per heavy atom. The van der Waals surface area contributed by atoms with Gasteiger partial charge in [0.1, 0.15) is 6.07 Å². The Morgan fingerprint density at radius 2 is 1.83 bits per heavy atom. The number of H-pyrrole nitrogens is 1. The molecule has 0 spiro atoms. The van der Waals surface area contributed by atoms with Crippen molar-refractivity contribution in [3.05, 3.63) is 64.8 Å². The number of aromatic amines is 1. The van der Waals surface area contributed by atoms with E-state index < -0.39 is 5.54 Å². The van der Waals surface area contributed by atoms with Crippen molar-refractivity contribution < 1.29 is 4.79 Å². The average Bonchev–Trinajstić information content (AvgIpc) is 3.07. The summed E-state index contributed by atoms with van der Waals surface area (Å²) in [4.78, 5) is 16.2. The van der Waals surface area contributed by atoms with Crippen molar-refractivity contribution in [2.45, 2.75) is 19.4 Å². The van der Waals surface area contributed by atoms with Gasteiger partial charge in [-0.15, -0.1) is 0 Å². The van der Waals surface area contributed by atoms with Crippen LogP contribution in [-0.2, 0) is 5.54 Å². The molecule has 4 nitrogen and oxygen atoms in total. The van der Waals surface area contributed by atoms with E-state index in [0.29, 0.717) is 16.8 Å². The van der Waals surface area contributed by atoms with Crippen LogP contribution >= 0.6 is 0 Å². The van der Waals surface area contributed by atoms with Gasteiger partial charge >= 0.3 is 0 Å². The van der Waals surface area contributed by atoms with E-state index >= 15 is 0 Å². The maximum atomic E-state index is 13.0. The smallest absolute Gasteiger partial charge is 0.216 e. The SMILES string of the molecule is Cc1ccc2c(c1)C(=O)C(C#N)(c1c[nH]c3ccc(C)cc13)N2. The number of nitrogens with zero attached hydrogens (tertiary/aromatic N) is 1. The van der Waals surface area contributed by atoms with Crippen molar-refractivity contribution in [2.75, 3.05) is 5.32 Å². The number of carbonyl (C=O) groups excluding carboxylic acids is 1. The highest BCUT2D eigenvalue weighted by Gasteiger charge is 2.48. The molecule has 1 atom stereocenters. The molecule has 0 bridgehead atoms. The van der Waals surface area contributed by atoms with Gasteiger partial charge < -0.3 is 10.3 Å². The summed E-state index contributed by atoms with van der Waals surface area (Å²) in [6.45, 7) is 3.94.